The van der Waals surface area contributed by atoms with Crippen molar-refractivity contribution in [2.75, 3.05) is 19.3 Å². The van der Waals surface area contributed by atoms with E-state index in [2.05, 4.69) is 5.32 Å². The Labute approximate surface area is 144 Å². The van der Waals surface area contributed by atoms with E-state index in [1.165, 1.54) is 12.1 Å². The molecule has 2 aromatic rings. The molecule has 3 atom stereocenters. The van der Waals surface area contributed by atoms with Gasteiger partial charge in [-0.05, 0) is 48.4 Å². The molecule has 0 saturated carbocycles. The highest BCUT2D eigenvalue weighted by molar-refractivity contribution is 7.84. The number of rotatable bonds is 5. The predicted octanol–water partition coefficient (Wildman–Crippen LogP) is 3.23. The summed E-state index contributed by atoms with van der Waals surface area (Å²) in [6.07, 6.45) is 2.71. The van der Waals surface area contributed by atoms with Gasteiger partial charge in [-0.3, -0.25) is 4.21 Å². The van der Waals surface area contributed by atoms with E-state index in [1.54, 1.807) is 6.26 Å². The maximum absolute atomic E-state index is 13.1. The summed E-state index contributed by atoms with van der Waals surface area (Å²) in [5.74, 6) is 0.0628. The van der Waals surface area contributed by atoms with E-state index in [0.29, 0.717) is 6.61 Å². The van der Waals surface area contributed by atoms with Crippen molar-refractivity contribution in [1.29, 1.82) is 0 Å². The molecule has 0 aliphatic carbocycles. The molecule has 1 saturated heterocycles. The van der Waals surface area contributed by atoms with Gasteiger partial charge in [0.05, 0.1) is 12.7 Å². The predicted molar refractivity (Wildman–Crippen MR) is 94.0 cm³/mol. The van der Waals surface area contributed by atoms with Crippen molar-refractivity contribution in [2.45, 2.75) is 29.9 Å². The maximum atomic E-state index is 13.1. The zero-order chi connectivity index (χ0) is 16.9. The molecule has 0 spiro atoms. The topological polar surface area (TPSA) is 38.3 Å². The van der Waals surface area contributed by atoms with Gasteiger partial charge < -0.3 is 10.1 Å². The largest absolute Gasteiger partial charge is 0.372 e. The van der Waals surface area contributed by atoms with Crippen LogP contribution in [0, 0.1) is 5.82 Å². The number of hydrogen-bond acceptors (Lipinski definition) is 3. The van der Waals surface area contributed by atoms with Crippen LogP contribution in [0.25, 0.3) is 0 Å². The minimum absolute atomic E-state index is 0.0594. The Morgan fingerprint density at radius 2 is 1.88 bits per heavy atom. The lowest BCUT2D eigenvalue weighted by Gasteiger charge is -2.32. The lowest BCUT2D eigenvalue weighted by Crippen LogP contribution is -2.40. The van der Waals surface area contributed by atoms with Gasteiger partial charge in [-0.25, -0.2) is 4.39 Å². The van der Waals surface area contributed by atoms with Crippen LogP contribution in [0.3, 0.4) is 0 Å². The number of nitrogens with one attached hydrogen (secondary N) is 1. The van der Waals surface area contributed by atoms with Gasteiger partial charge in [0.15, 0.2) is 0 Å². The van der Waals surface area contributed by atoms with Gasteiger partial charge in [0.1, 0.15) is 5.82 Å². The third-order valence-electron chi connectivity index (χ3n) is 4.44. The Kier molecular flexibility index (Phi) is 5.76. The first kappa shape index (κ1) is 17.3. The van der Waals surface area contributed by atoms with E-state index in [9.17, 15) is 8.60 Å². The molecule has 1 aliphatic heterocycles. The van der Waals surface area contributed by atoms with Crippen LogP contribution in [0.15, 0.2) is 53.4 Å². The molecule has 5 heteroatoms. The average molecular weight is 347 g/mol. The summed E-state index contributed by atoms with van der Waals surface area (Å²) in [5.41, 5.74) is 2.19. The molecule has 1 N–H and O–H groups in total. The lowest BCUT2D eigenvalue weighted by molar-refractivity contribution is 0.0106. The number of piperidine rings is 1. The molecule has 1 aliphatic rings. The molecule has 3 rings (SSSR count). The van der Waals surface area contributed by atoms with Crippen LogP contribution in [0.5, 0.6) is 0 Å². The average Bonchev–Trinajstić information content (AvgIpc) is 2.61. The fraction of sp³-hybridized carbons (Fsp3) is 0.368. The number of benzene rings is 2. The fourth-order valence-corrected chi connectivity index (χ4v) is 3.60. The molecular formula is C19H22FNO2S. The number of hydrogen-bond donors (Lipinski definition) is 1. The monoisotopic (exact) mass is 347 g/mol. The fourth-order valence-electron chi connectivity index (χ4n) is 3.08. The molecule has 3 unspecified atom stereocenters. The summed E-state index contributed by atoms with van der Waals surface area (Å²) < 4.78 is 30.7. The van der Waals surface area contributed by atoms with Crippen LogP contribution in [0.1, 0.15) is 23.5 Å². The van der Waals surface area contributed by atoms with Crippen molar-refractivity contribution in [3.8, 4) is 0 Å². The van der Waals surface area contributed by atoms with E-state index in [1.807, 2.05) is 36.4 Å². The summed E-state index contributed by atoms with van der Waals surface area (Å²) in [4.78, 5) is 0.822. The molecule has 1 heterocycles. The normalized spacial score (nSPS) is 22.2. The SMILES string of the molecule is CS(=O)c1ccc(COC2CNCCC2c2ccc(F)cc2)cc1. The summed E-state index contributed by atoms with van der Waals surface area (Å²) in [5, 5.41) is 3.37. The molecule has 0 amide bonds. The van der Waals surface area contributed by atoms with Gasteiger partial charge in [0.25, 0.3) is 0 Å². The van der Waals surface area contributed by atoms with Gasteiger partial charge in [0, 0.05) is 34.4 Å². The van der Waals surface area contributed by atoms with E-state index in [0.717, 1.165) is 35.5 Å². The molecule has 1 fully saturated rings. The molecule has 128 valence electrons. The van der Waals surface area contributed by atoms with Crippen LogP contribution < -0.4 is 5.32 Å². The van der Waals surface area contributed by atoms with Crippen molar-refractivity contribution in [3.63, 3.8) is 0 Å². The summed E-state index contributed by atoms with van der Waals surface area (Å²) in [6, 6.07) is 14.4. The first-order valence-electron chi connectivity index (χ1n) is 8.13. The highest BCUT2D eigenvalue weighted by Crippen LogP contribution is 2.28. The molecule has 3 nitrogen and oxygen atoms in total. The van der Waals surface area contributed by atoms with Crippen molar-refractivity contribution < 1.29 is 13.3 Å². The highest BCUT2D eigenvalue weighted by atomic mass is 32.2. The van der Waals surface area contributed by atoms with Crippen molar-refractivity contribution in [1.82, 2.24) is 5.32 Å². The van der Waals surface area contributed by atoms with Crippen LogP contribution in [-0.4, -0.2) is 29.7 Å². The van der Waals surface area contributed by atoms with Crippen LogP contribution in [0.2, 0.25) is 0 Å². The molecule has 0 bridgehead atoms. The molecule has 0 aromatic heterocycles. The second kappa shape index (κ2) is 8.01. The zero-order valence-corrected chi connectivity index (χ0v) is 14.5. The second-order valence-corrected chi connectivity index (χ2v) is 7.48. The van der Waals surface area contributed by atoms with Gasteiger partial charge in [-0.1, -0.05) is 24.3 Å². The van der Waals surface area contributed by atoms with Gasteiger partial charge in [0.2, 0.25) is 0 Å². The highest BCUT2D eigenvalue weighted by Gasteiger charge is 2.27. The Balaban J connectivity index is 1.65. The van der Waals surface area contributed by atoms with E-state index in [4.69, 9.17) is 4.74 Å². The maximum Gasteiger partial charge on any atom is 0.123 e. The van der Waals surface area contributed by atoms with Crippen molar-refractivity contribution in [3.05, 3.63) is 65.5 Å². The summed E-state index contributed by atoms with van der Waals surface area (Å²) in [7, 11) is -0.960. The van der Waals surface area contributed by atoms with E-state index >= 15 is 0 Å². The number of ether oxygens (including phenoxy) is 1. The molecule has 0 radical (unpaired) electrons. The van der Waals surface area contributed by atoms with Crippen molar-refractivity contribution in [2.24, 2.45) is 0 Å². The Bertz CT molecular complexity index is 688. The third kappa shape index (κ3) is 4.29. The Hall–Kier alpha value is -1.56. The quantitative estimate of drug-likeness (QED) is 0.902. The second-order valence-electron chi connectivity index (χ2n) is 6.10. The minimum Gasteiger partial charge on any atom is -0.372 e. The van der Waals surface area contributed by atoms with Gasteiger partial charge in [-0.2, -0.15) is 0 Å². The van der Waals surface area contributed by atoms with Gasteiger partial charge in [-0.15, -0.1) is 0 Å². The third-order valence-corrected chi connectivity index (χ3v) is 5.38. The molecular weight excluding hydrogens is 325 g/mol. The van der Waals surface area contributed by atoms with E-state index in [-0.39, 0.29) is 17.8 Å². The number of halogens is 1. The molecule has 2 aromatic carbocycles. The summed E-state index contributed by atoms with van der Waals surface area (Å²) >= 11 is 0. The minimum atomic E-state index is -0.960. The Morgan fingerprint density at radius 3 is 2.54 bits per heavy atom. The Morgan fingerprint density at radius 1 is 1.17 bits per heavy atom. The van der Waals surface area contributed by atoms with Crippen molar-refractivity contribution >= 4 is 10.8 Å². The van der Waals surface area contributed by atoms with Crippen LogP contribution in [0.4, 0.5) is 4.39 Å². The lowest BCUT2D eigenvalue weighted by atomic mass is 9.88. The smallest absolute Gasteiger partial charge is 0.123 e. The van der Waals surface area contributed by atoms with Crippen LogP contribution >= 0.6 is 0 Å². The summed E-state index contributed by atoms with van der Waals surface area (Å²) in [6.45, 7) is 2.25. The van der Waals surface area contributed by atoms with E-state index < -0.39 is 10.8 Å². The first-order chi connectivity index (χ1) is 11.6. The standard InChI is InChI=1S/C19H22FNO2S/c1-24(22)17-8-2-14(3-9-17)13-23-19-12-21-11-10-18(19)15-4-6-16(20)7-5-15/h2-9,18-19,21H,10-13H2,1H3. The van der Waals surface area contributed by atoms with Crippen LogP contribution in [-0.2, 0) is 22.1 Å². The van der Waals surface area contributed by atoms with Gasteiger partial charge >= 0.3 is 0 Å². The zero-order valence-electron chi connectivity index (χ0n) is 13.7. The molecule has 24 heavy (non-hydrogen) atoms. The first-order valence-corrected chi connectivity index (χ1v) is 9.69.